The molecule has 1 aromatic rings. The molecule has 0 aliphatic carbocycles. The molecule has 16 heavy (non-hydrogen) atoms. The van der Waals surface area contributed by atoms with E-state index in [0.29, 0.717) is 0 Å². The van der Waals surface area contributed by atoms with Gasteiger partial charge in [0.15, 0.2) is 5.03 Å². The molecule has 0 aromatic carbocycles. The quantitative estimate of drug-likeness (QED) is 0.807. The lowest BCUT2D eigenvalue weighted by molar-refractivity contribution is 0.554. The number of halogens is 1. The Morgan fingerprint density at radius 1 is 1.56 bits per heavy atom. The average Bonchev–Trinajstić information content (AvgIpc) is 2.61. The minimum atomic E-state index is -3.53. The Hall–Kier alpha value is -0.590. The highest BCUT2D eigenvalue weighted by atomic mass is 35.5. The highest BCUT2D eigenvalue weighted by Crippen LogP contribution is 2.10. The van der Waals surface area contributed by atoms with Crippen LogP contribution in [0.25, 0.3) is 0 Å². The molecule has 0 radical (unpaired) electrons. The lowest BCUT2D eigenvalue weighted by atomic mass is 10.1. The van der Waals surface area contributed by atoms with Crippen LogP contribution in [0.5, 0.6) is 0 Å². The molecule has 1 unspecified atom stereocenters. The summed E-state index contributed by atoms with van der Waals surface area (Å²) in [5.74, 6) is 0.216. The first kappa shape index (κ1) is 13.5. The molecular formula is C9H16ClN3O2S. The molecule has 92 valence electrons. The molecule has 0 spiro atoms. The van der Waals surface area contributed by atoms with E-state index in [-0.39, 0.29) is 22.9 Å². The largest absolute Gasteiger partial charge is 0.339 e. The molecule has 0 saturated carbocycles. The number of aryl methyl sites for hydroxylation is 1. The van der Waals surface area contributed by atoms with Crippen LogP contribution in [-0.2, 0) is 17.1 Å². The standard InChI is InChI=1S/C9H16ClN3O2S/c1-7(2)8(10)4-12-16(14,15)9-5-13(3)6-11-9/h5-8,12H,4H2,1-3H3. The second-order valence-corrected chi connectivity index (χ2v) is 6.26. The first-order valence-electron chi connectivity index (χ1n) is 4.94. The SMILES string of the molecule is CC(C)C(Cl)CNS(=O)(=O)c1cn(C)cn1. The summed E-state index contributed by atoms with van der Waals surface area (Å²) >= 11 is 5.96. The summed E-state index contributed by atoms with van der Waals surface area (Å²) in [5, 5.41) is -0.207. The Kier molecular flexibility index (Phi) is 4.35. The van der Waals surface area contributed by atoms with Crippen LogP contribution in [0.15, 0.2) is 17.6 Å². The number of aromatic nitrogens is 2. The van der Waals surface area contributed by atoms with E-state index >= 15 is 0 Å². The second kappa shape index (κ2) is 5.16. The highest BCUT2D eigenvalue weighted by Gasteiger charge is 2.19. The van der Waals surface area contributed by atoms with E-state index in [4.69, 9.17) is 11.6 Å². The molecular weight excluding hydrogens is 250 g/mol. The highest BCUT2D eigenvalue weighted by molar-refractivity contribution is 7.89. The summed E-state index contributed by atoms with van der Waals surface area (Å²) in [6.07, 6.45) is 2.89. The summed E-state index contributed by atoms with van der Waals surface area (Å²) in [5.41, 5.74) is 0. The molecule has 0 bridgehead atoms. The minimum absolute atomic E-state index is 0.0163. The summed E-state index contributed by atoms with van der Waals surface area (Å²) in [7, 11) is -1.82. The van der Waals surface area contributed by atoms with Crippen LogP contribution in [0.2, 0.25) is 0 Å². The van der Waals surface area contributed by atoms with E-state index in [2.05, 4.69) is 9.71 Å². The number of alkyl halides is 1. The van der Waals surface area contributed by atoms with Crippen LogP contribution in [0.1, 0.15) is 13.8 Å². The number of imidazole rings is 1. The van der Waals surface area contributed by atoms with Crippen LogP contribution in [0.3, 0.4) is 0 Å². The average molecular weight is 266 g/mol. The van der Waals surface area contributed by atoms with Crippen molar-refractivity contribution in [1.29, 1.82) is 0 Å². The van der Waals surface area contributed by atoms with Gasteiger partial charge in [0.25, 0.3) is 10.0 Å². The zero-order chi connectivity index (χ0) is 12.3. The zero-order valence-electron chi connectivity index (χ0n) is 9.51. The molecule has 5 nitrogen and oxygen atoms in total. The number of hydrogen-bond acceptors (Lipinski definition) is 3. The van der Waals surface area contributed by atoms with Gasteiger partial charge in [-0.15, -0.1) is 11.6 Å². The Balaban J connectivity index is 2.67. The predicted octanol–water partition coefficient (Wildman–Crippen LogP) is 0.962. The van der Waals surface area contributed by atoms with E-state index in [1.165, 1.54) is 12.5 Å². The van der Waals surface area contributed by atoms with Crippen LogP contribution >= 0.6 is 11.6 Å². The fourth-order valence-electron chi connectivity index (χ4n) is 1.03. The van der Waals surface area contributed by atoms with Crippen LogP contribution in [0, 0.1) is 5.92 Å². The molecule has 1 aromatic heterocycles. The van der Waals surface area contributed by atoms with Gasteiger partial charge in [-0.25, -0.2) is 18.1 Å². The van der Waals surface area contributed by atoms with Crippen LogP contribution in [0.4, 0.5) is 0 Å². The molecule has 7 heteroatoms. The molecule has 0 aliphatic rings. The fourth-order valence-corrected chi connectivity index (χ4v) is 2.23. The van der Waals surface area contributed by atoms with Gasteiger partial charge in [0.2, 0.25) is 0 Å². The minimum Gasteiger partial charge on any atom is -0.339 e. The molecule has 1 rings (SSSR count). The van der Waals surface area contributed by atoms with Gasteiger partial charge in [-0.05, 0) is 5.92 Å². The first-order chi connectivity index (χ1) is 7.33. The van der Waals surface area contributed by atoms with Crippen molar-refractivity contribution in [3.63, 3.8) is 0 Å². The third kappa shape index (κ3) is 3.47. The smallest absolute Gasteiger partial charge is 0.259 e. The molecule has 1 N–H and O–H groups in total. The molecule has 0 fully saturated rings. The normalized spacial score (nSPS) is 14.3. The monoisotopic (exact) mass is 265 g/mol. The maximum atomic E-state index is 11.7. The van der Waals surface area contributed by atoms with Crippen LogP contribution < -0.4 is 4.72 Å². The number of hydrogen-bond donors (Lipinski definition) is 1. The first-order valence-corrected chi connectivity index (χ1v) is 6.86. The van der Waals surface area contributed by atoms with Crippen molar-refractivity contribution in [3.05, 3.63) is 12.5 Å². The predicted molar refractivity (Wildman–Crippen MR) is 62.9 cm³/mol. The Labute approximate surface area is 101 Å². The topological polar surface area (TPSA) is 64.0 Å². The summed E-state index contributed by atoms with van der Waals surface area (Å²) < 4.78 is 27.5. The van der Waals surface area contributed by atoms with Gasteiger partial charge in [-0.3, -0.25) is 0 Å². The summed E-state index contributed by atoms with van der Waals surface area (Å²) in [6, 6.07) is 0. The van der Waals surface area contributed by atoms with Crippen LogP contribution in [-0.4, -0.2) is 29.9 Å². The summed E-state index contributed by atoms with van der Waals surface area (Å²) in [6.45, 7) is 4.08. The van der Waals surface area contributed by atoms with Gasteiger partial charge < -0.3 is 4.57 Å². The number of rotatable bonds is 5. The van der Waals surface area contributed by atoms with Crippen molar-refractivity contribution in [2.45, 2.75) is 24.3 Å². The number of sulfonamides is 1. The Bertz CT molecular complexity index is 441. The van der Waals surface area contributed by atoms with Crippen molar-refractivity contribution in [3.8, 4) is 0 Å². The number of nitrogens with zero attached hydrogens (tertiary/aromatic N) is 2. The van der Waals surface area contributed by atoms with E-state index < -0.39 is 10.0 Å². The van der Waals surface area contributed by atoms with Crippen molar-refractivity contribution in [1.82, 2.24) is 14.3 Å². The molecule has 0 saturated heterocycles. The molecule has 1 heterocycles. The Morgan fingerprint density at radius 3 is 2.62 bits per heavy atom. The van der Waals surface area contributed by atoms with Gasteiger partial charge in [0.1, 0.15) is 0 Å². The third-order valence-corrected chi connectivity index (χ3v) is 4.11. The van der Waals surface area contributed by atoms with E-state index in [1.807, 2.05) is 13.8 Å². The maximum absolute atomic E-state index is 11.7. The van der Waals surface area contributed by atoms with E-state index in [0.717, 1.165) is 0 Å². The molecule has 0 amide bonds. The lowest BCUT2D eigenvalue weighted by Crippen LogP contribution is -2.32. The van der Waals surface area contributed by atoms with Gasteiger partial charge in [0, 0.05) is 25.2 Å². The zero-order valence-corrected chi connectivity index (χ0v) is 11.1. The van der Waals surface area contributed by atoms with E-state index in [9.17, 15) is 8.42 Å². The Morgan fingerprint density at radius 2 is 2.19 bits per heavy atom. The second-order valence-electron chi connectivity index (χ2n) is 3.99. The van der Waals surface area contributed by atoms with Gasteiger partial charge in [-0.2, -0.15) is 0 Å². The molecule has 1 atom stereocenters. The van der Waals surface area contributed by atoms with Gasteiger partial charge in [0.05, 0.1) is 6.33 Å². The lowest BCUT2D eigenvalue weighted by Gasteiger charge is -2.13. The van der Waals surface area contributed by atoms with Crippen molar-refractivity contribution in [2.24, 2.45) is 13.0 Å². The van der Waals surface area contributed by atoms with Crippen molar-refractivity contribution < 1.29 is 8.42 Å². The maximum Gasteiger partial charge on any atom is 0.259 e. The fraction of sp³-hybridized carbons (Fsp3) is 0.667. The van der Waals surface area contributed by atoms with Gasteiger partial charge >= 0.3 is 0 Å². The van der Waals surface area contributed by atoms with Gasteiger partial charge in [-0.1, -0.05) is 13.8 Å². The summed E-state index contributed by atoms with van der Waals surface area (Å²) in [4.78, 5) is 3.78. The molecule has 0 aliphatic heterocycles. The number of nitrogens with one attached hydrogen (secondary N) is 1. The van der Waals surface area contributed by atoms with Crippen molar-refractivity contribution in [2.75, 3.05) is 6.54 Å². The third-order valence-electron chi connectivity index (χ3n) is 2.15. The van der Waals surface area contributed by atoms with E-state index in [1.54, 1.807) is 11.6 Å². The van der Waals surface area contributed by atoms with Crippen molar-refractivity contribution >= 4 is 21.6 Å².